The van der Waals surface area contributed by atoms with E-state index in [1.54, 1.807) is 0 Å². The summed E-state index contributed by atoms with van der Waals surface area (Å²) in [6.45, 7) is 3.09. The van der Waals surface area contributed by atoms with Gasteiger partial charge < -0.3 is 15.2 Å². The van der Waals surface area contributed by atoms with Crippen LogP contribution >= 0.6 is 24.8 Å². The van der Waals surface area contributed by atoms with Gasteiger partial charge in [0.05, 0.1) is 17.1 Å². The predicted octanol–water partition coefficient (Wildman–Crippen LogP) is 2.68. The molecule has 23 heavy (non-hydrogen) atoms. The summed E-state index contributed by atoms with van der Waals surface area (Å²) in [5.74, 6) is 0.999. The van der Waals surface area contributed by atoms with Crippen molar-refractivity contribution < 1.29 is 4.79 Å². The summed E-state index contributed by atoms with van der Waals surface area (Å²) in [5.41, 5.74) is 7.74. The van der Waals surface area contributed by atoms with Crippen molar-refractivity contribution in [1.82, 2.24) is 14.5 Å². The van der Waals surface area contributed by atoms with Gasteiger partial charge in [-0.25, -0.2) is 4.98 Å². The molecule has 0 aliphatic carbocycles. The Bertz CT molecular complexity index is 673. The van der Waals surface area contributed by atoms with E-state index in [9.17, 15) is 4.79 Å². The molecule has 1 aliphatic heterocycles. The third kappa shape index (κ3) is 3.47. The largest absolute Gasteiger partial charge is 0.332 e. The second-order valence-electron chi connectivity index (χ2n) is 5.84. The van der Waals surface area contributed by atoms with E-state index in [2.05, 4.69) is 10.6 Å². The lowest BCUT2D eigenvalue weighted by molar-refractivity contribution is -0.135. The lowest BCUT2D eigenvalue weighted by Gasteiger charge is -2.26. The summed E-state index contributed by atoms with van der Waals surface area (Å²) < 4.78 is 2.11. The first kappa shape index (κ1) is 19.7. The van der Waals surface area contributed by atoms with E-state index in [0.29, 0.717) is 6.54 Å². The standard InChI is InChI=1S/C16H22N4O.2ClH/c1-11(10-17)16(21)20-9-5-8-14(20)15-18-12-6-3-4-7-13(12)19(15)2;;/h3-4,6-7,11,14H,5,8-10,17H2,1-2H3;2*1H. The third-order valence-electron chi connectivity index (χ3n) is 4.43. The van der Waals surface area contributed by atoms with Crippen LogP contribution in [0, 0.1) is 5.92 Å². The van der Waals surface area contributed by atoms with Gasteiger partial charge in [-0.2, -0.15) is 0 Å². The molecule has 5 nitrogen and oxygen atoms in total. The number of nitrogens with two attached hydrogens (primary N) is 1. The van der Waals surface area contributed by atoms with Gasteiger partial charge in [-0.3, -0.25) is 4.79 Å². The molecule has 3 rings (SSSR count). The number of hydrogen-bond acceptors (Lipinski definition) is 3. The minimum absolute atomic E-state index is 0. The Labute approximate surface area is 149 Å². The van der Waals surface area contributed by atoms with Gasteiger partial charge in [0.15, 0.2) is 0 Å². The van der Waals surface area contributed by atoms with Gasteiger partial charge in [0.2, 0.25) is 5.91 Å². The predicted molar refractivity (Wildman–Crippen MR) is 97.1 cm³/mol. The number of hydrogen-bond donors (Lipinski definition) is 1. The number of fused-ring (bicyclic) bond motifs is 1. The number of benzene rings is 1. The molecule has 2 unspecified atom stereocenters. The fourth-order valence-corrected chi connectivity index (χ4v) is 3.15. The number of carbonyl (C=O) groups is 1. The molecular weight excluding hydrogens is 335 g/mol. The van der Waals surface area contributed by atoms with Gasteiger partial charge >= 0.3 is 0 Å². The Kier molecular flexibility index (Phi) is 6.86. The summed E-state index contributed by atoms with van der Waals surface area (Å²) in [7, 11) is 2.03. The Balaban J connectivity index is 0.00000132. The topological polar surface area (TPSA) is 64.2 Å². The summed E-state index contributed by atoms with van der Waals surface area (Å²) in [6, 6.07) is 8.16. The molecule has 2 atom stereocenters. The van der Waals surface area contributed by atoms with E-state index in [-0.39, 0.29) is 42.7 Å². The van der Waals surface area contributed by atoms with Gasteiger partial charge in [0, 0.05) is 26.1 Å². The summed E-state index contributed by atoms with van der Waals surface area (Å²) >= 11 is 0. The molecule has 1 fully saturated rings. The minimum Gasteiger partial charge on any atom is -0.332 e. The van der Waals surface area contributed by atoms with Crippen LogP contribution in [0.25, 0.3) is 11.0 Å². The average Bonchev–Trinajstić information content (AvgIpc) is 3.11. The molecular formula is C16H24Cl2N4O. The molecule has 0 spiro atoms. The van der Waals surface area contributed by atoms with Crippen molar-refractivity contribution in [3.63, 3.8) is 0 Å². The monoisotopic (exact) mass is 358 g/mol. The lowest BCUT2D eigenvalue weighted by atomic mass is 10.1. The fourth-order valence-electron chi connectivity index (χ4n) is 3.15. The Morgan fingerprint density at radius 2 is 2.09 bits per heavy atom. The normalized spacial score (nSPS) is 18.4. The van der Waals surface area contributed by atoms with Crippen LogP contribution in [0.4, 0.5) is 0 Å². The zero-order valence-electron chi connectivity index (χ0n) is 13.4. The molecule has 7 heteroatoms. The SMILES string of the molecule is CC(CN)C(=O)N1CCCC1c1nc2ccccc2n1C.Cl.Cl. The van der Waals surface area contributed by atoms with Crippen LogP contribution in [0.2, 0.25) is 0 Å². The molecule has 2 aromatic rings. The van der Waals surface area contributed by atoms with Crippen LogP contribution in [0.3, 0.4) is 0 Å². The summed E-state index contributed by atoms with van der Waals surface area (Å²) in [5, 5.41) is 0. The quantitative estimate of drug-likeness (QED) is 0.917. The first-order valence-corrected chi connectivity index (χ1v) is 7.55. The van der Waals surface area contributed by atoms with Crippen LogP contribution in [0.5, 0.6) is 0 Å². The van der Waals surface area contributed by atoms with Crippen molar-refractivity contribution in [2.75, 3.05) is 13.1 Å². The number of likely N-dealkylation sites (tertiary alicyclic amines) is 1. The van der Waals surface area contributed by atoms with Gasteiger partial charge in [-0.15, -0.1) is 24.8 Å². The molecule has 0 radical (unpaired) electrons. The first-order valence-electron chi connectivity index (χ1n) is 7.55. The Morgan fingerprint density at radius 3 is 2.74 bits per heavy atom. The van der Waals surface area contributed by atoms with Crippen LogP contribution < -0.4 is 5.73 Å². The van der Waals surface area contributed by atoms with E-state index in [0.717, 1.165) is 36.2 Å². The number of aryl methyl sites for hydroxylation is 1. The number of aromatic nitrogens is 2. The summed E-state index contributed by atoms with van der Waals surface area (Å²) in [4.78, 5) is 19.2. The molecule has 2 N–H and O–H groups in total. The number of carbonyl (C=O) groups excluding carboxylic acids is 1. The number of nitrogens with zero attached hydrogens (tertiary/aromatic N) is 3. The van der Waals surface area contributed by atoms with Crippen LogP contribution in [-0.4, -0.2) is 33.4 Å². The molecule has 0 saturated carbocycles. The zero-order chi connectivity index (χ0) is 15.0. The van der Waals surface area contributed by atoms with Crippen molar-refractivity contribution >= 4 is 41.8 Å². The van der Waals surface area contributed by atoms with Gasteiger partial charge in [-0.1, -0.05) is 19.1 Å². The number of para-hydroxylation sites is 2. The molecule has 1 aliphatic rings. The zero-order valence-corrected chi connectivity index (χ0v) is 15.1. The highest BCUT2D eigenvalue weighted by atomic mass is 35.5. The van der Waals surface area contributed by atoms with E-state index in [1.165, 1.54) is 0 Å². The Hall–Kier alpha value is -1.30. The maximum Gasteiger partial charge on any atom is 0.227 e. The summed E-state index contributed by atoms with van der Waals surface area (Å²) in [6.07, 6.45) is 2.00. The van der Waals surface area contributed by atoms with Gasteiger partial charge in [0.1, 0.15) is 5.82 Å². The highest BCUT2D eigenvalue weighted by Crippen LogP contribution is 2.33. The van der Waals surface area contributed by atoms with E-state index < -0.39 is 0 Å². The maximum absolute atomic E-state index is 12.5. The lowest BCUT2D eigenvalue weighted by Crippen LogP contribution is -2.38. The minimum atomic E-state index is -0.125. The number of amides is 1. The van der Waals surface area contributed by atoms with Crippen molar-refractivity contribution in [3.8, 4) is 0 Å². The van der Waals surface area contributed by atoms with Crippen molar-refractivity contribution in [2.45, 2.75) is 25.8 Å². The molecule has 1 saturated heterocycles. The number of halogens is 2. The Morgan fingerprint density at radius 1 is 1.39 bits per heavy atom. The van der Waals surface area contributed by atoms with E-state index in [1.807, 2.05) is 37.1 Å². The van der Waals surface area contributed by atoms with Crippen LogP contribution in [0.15, 0.2) is 24.3 Å². The molecule has 1 aromatic carbocycles. The highest BCUT2D eigenvalue weighted by Gasteiger charge is 2.34. The first-order chi connectivity index (χ1) is 10.1. The second kappa shape index (κ2) is 7.99. The van der Waals surface area contributed by atoms with E-state index in [4.69, 9.17) is 10.7 Å². The average molecular weight is 359 g/mol. The third-order valence-corrected chi connectivity index (χ3v) is 4.43. The van der Waals surface area contributed by atoms with Crippen molar-refractivity contribution in [3.05, 3.63) is 30.1 Å². The van der Waals surface area contributed by atoms with Crippen LogP contribution in [0.1, 0.15) is 31.6 Å². The maximum atomic E-state index is 12.5. The molecule has 2 heterocycles. The highest BCUT2D eigenvalue weighted by molar-refractivity contribution is 5.85. The number of imidazole rings is 1. The second-order valence-corrected chi connectivity index (χ2v) is 5.84. The molecule has 0 bridgehead atoms. The molecule has 128 valence electrons. The van der Waals surface area contributed by atoms with Crippen LogP contribution in [-0.2, 0) is 11.8 Å². The van der Waals surface area contributed by atoms with Crippen molar-refractivity contribution in [1.29, 1.82) is 0 Å². The van der Waals surface area contributed by atoms with Gasteiger partial charge in [-0.05, 0) is 25.0 Å². The number of rotatable bonds is 3. The van der Waals surface area contributed by atoms with Gasteiger partial charge in [0.25, 0.3) is 0 Å². The van der Waals surface area contributed by atoms with Crippen molar-refractivity contribution in [2.24, 2.45) is 18.7 Å². The van der Waals surface area contributed by atoms with E-state index >= 15 is 0 Å². The molecule has 1 aromatic heterocycles. The smallest absolute Gasteiger partial charge is 0.227 e. The fraction of sp³-hybridized carbons (Fsp3) is 0.500. The molecule has 1 amide bonds.